The second-order valence-electron chi connectivity index (χ2n) is 4.81. The van der Waals surface area contributed by atoms with E-state index >= 15 is 0 Å². The number of benzene rings is 1. The Bertz CT molecular complexity index is 347. The Balaban J connectivity index is 1.86. The van der Waals surface area contributed by atoms with Crippen molar-refractivity contribution in [3.63, 3.8) is 0 Å². The minimum absolute atomic E-state index is 0.533. The van der Waals surface area contributed by atoms with Crippen LogP contribution in [-0.4, -0.2) is 19.2 Å². The van der Waals surface area contributed by atoms with E-state index in [1.807, 2.05) is 0 Å². The van der Waals surface area contributed by atoms with Crippen molar-refractivity contribution in [3.8, 4) is 5.75 Å². The van der Waals surface area contributed by atoms with Crippen molar-refractivity contribution in [2.75, 3.05) is 13.2 Å². The van der Waals surface area contributed by atoms with Gasteiger partial charge in [0.15, 0.2) is 0 Å². The molecule has 1 N–H and O–H groups in total. The summed E-state index contributed by atoms with van der Waals surface area (Å²) in [5, 5.41) is 3.52. The first-order valence-electron chi connectivity index (χ1n) is 6.78. The van der Waals surface area contributed by atoms with Gasteiger partial charge in [-0.05, 0) is 49.4 Å². The van der Waals surface area contributed by atoms with E-state index in [1.54, 1.807) is 0 Å². The number of rotatable bonds is 7. The summed E-state index contributed by atoms with van der Waals surface area (Å²) < 4.78 is 5.90. The Labute approximate surface area is 104 Å². The molecule has 1 aliphatic rings. The van der Waals surface area contributed by atoms with E-state index in [2.05, 4.69) is 43.4 Å². The maximum absolute atomic E-state index is 5.90. The zero-order valence-corrected chi connectivity index (χ0v) is 10.9. The van der Waals surface area contributed by atoms with Gasteiger partial charge < -0.3 is 10.1 Å². The van der Waals surface area contributed by atoms with Gasteiger partial charge >= 0.3 is 0 Å². The minimum Gasteiger partial charge on any atom is -0.492 e. The van der Waals surface area contributed by atoms with Gasteiger partial charge in [-0.1, -0.05) is 26.0 Å². The van der Waals surface area contributed by atoms with Crippen LogP contribution in [0.4, 0.5) is 0 Å². The van der Waals surface area contributed by atoms with Crippen molar-refractivity contribution in [1.29, 1.82) is 0 Å². The SMILES string of the molecule is CCNC(COc1cccc(CC)c1)C1CC1. The van der Waals surface area contributed by atoms with Crippen molar-refractivity contribution < 1.29 is 4.74 Å². The molecule has 0 spiro atoms. The molecule has 0 amide bonds. The Morgan fingerprint density at radius 1 is 1.35 bits per heavy atom. The fourth-order valence-corrected chi connectivity index (χ4v) is 2.16. The zero-order chi connectivity index (χ0) is 12.1. The van der Waals surface area contributed by atoms with E-state index in [4.69, 9.17) is 4.74 Å². The lowest BCUT2D eigenvalue weighted by Crippen LogP contribution is -2.36. The van der Waals surface area contributed by atoms with E-state index in [1.165, 1.54) is 18.4 Å². The predicted octanol–water partition coefficient (Wildman–Crippen LogP) is 3.02. The van der Waals surface area contributed by atoms with Gasteiger partial charge in [0.05, 0.1) is 0 Å². The van der Waals surface area contributed by atoms with Crippen LogP contribution in [0.1, 0.15) is 32.3 Å². The standard InChI is InChI=1S/C15H23NO/c1-3-12-6-5-7-14(10-12)17-11-15(16-4-2)13-8-9-13/h5-7,10,13,15-16H,3-4,8-9,11H2,1-2H3. The van der Waals surface area contributed by atoms with E-state index in [9.17, 15) is 0 Å². The third-order valence-corrected chi connectivity index (χ3v) is 3.39. The lowest BCUT2D eigenvalue weighted by atomic mass is 10.1. The highest BCUT2D eigenvalue weighted by atomic mass is 16.5. The molecular weight excluding hydrogens is 210 g/mol. The Kier molecular flexibility index (Phi) is 4.43. The molecule has 17 heavy (non-hydrogen) atoms. The van der Waals surface area contributed by atoms with E-state index < -0.39 is 0 Å². The largest absolute Gasteiger partial charge is 0.492 e. The van der Waals surface area contributed by atoms with Crippen LogP contribution >= 0.6 is 0 Å². The second kappa shape index (κ2) is 6.06. The van der Waals surface area contributed by atoms with Gasteiger partial charge in [-0.15, -0.1) is 0 Å². The lowest BCUT2D eigenvalue weighted by molar-refractivity contribution is 0.251. The number of likely N-dealkylation sites (N-methyl/N-ethyl adjacent to an activating group) is 1. The number of aryl methyl sites for hydroxylation is 1. The summed E-state index contributed by atoms with van der Waals surface area (Å²) in [6, 6.07) is 8.96. The molecule has 0 aliphatic heterocycles. The number of ether oxygens (including phenoxy) is 1. The quantitative estimate of drug-likeness (QED) is 0.781. The molecular formula is C15H23NO. The third-order valence-electron chi connectivity index (χ3n) is 3.39. The third kappa shape index (κ3) is 3.74. The molecule has 0 bridgehead atoms. The van der Waals surface area contributed by atoms with E-state index in [0.29, 0.717) is 6.04 Å². The molecule has 0 saturated heterocycles. The lowest BCUT2D eigenvalue weighted by Gasteiger charge is -2.18. The molecule has 0 aromatic heterocycles. The monoisotopic (exact) mass is 233 g/mol. The summed E-state index contributed by atoms with van der Waals surface area (Å²) in [4.78, 5) is 0. The van der Waals surface area contributed by atoms with Gasteiger partial charge in [0.25, 0.3) is 0 Å². The summed E-state index contributed by atoms with van der Waals surface area (Å²) in [5.41, 5.74) is 1.34. The Morgan fingerprint density at radius 3 is 2.82 bits per heavy atom. The van der Waals surface area contributed by atoms with Gasteiger partial charge in [0.1, 0.15) is 12.4 Å². The van der Waals surface area contributed by atoms with E-state index in [0.717, 1.165) is 31.2 Å². The number of hydrogen-bond acceptors (Lipinski definition) is 2. The van der Waals surface area contributed by atoms with Crippen LogP contribution < -0.4 is 10.1 Å². The van der Waals surface area contributed by atoms with Gasteiger partial charge in [-0.25, -0.2) is 0 Å². The normalized spacial score (nSPS) is 16.8. The highest BCUT2D eigenvalue weighted by molar-refractivity contribution is 5.28. The first-order valence-corrected chi connectivity index (χ1v) is 6.78. The van der Waals surface area contributed by atoms with Crippen LogP contribution in [0, 0.1) is 5.92 Å². The van der Waals surface area contributed by atoms with Gasteiger partial charge in [-0.3, -0.25) is 0 Å². The average molecular weight is 233 g/mol. The van der Waals surface area contributed by atoms with Crippen LogP contribution in [0.3, 0.4) is 0 Å². The molecule has 94 valence electrons. The smallest absolute Gasteiger partial charge is 0.119 e. The highest BCUT2D eigenvalue weighted by Gasteiger charge is 2.30. The molecule has 1 atom stereocenters. The average Bonchev–Trinajstić information content (AvgIpc) is 3.19. The minimum atomic E-state index is 0.533. The number of nitrogens with one attached hydrogen (secondary N) is 1. The molecule has 2 rings (SSSR count). The second-order valence-corrected chi connectivity index (χ2v) is 4.81. The molecule has 2 nitrogen and oxygen atoms in total. The predicted molar refractivity (Wildman–Crippen MR) is 71.5 cm³/mol. The van der Waals surface area contributed by atoms with Crippen molar-refractivity contribution in [2.45, 2.75) is 39.2 Å². The van der Waals surface area contributed by atoms with Crippen molar-refractivity contribution in [3.05, 3.63) is 29.8 Å². The first-order chi connectivity index (χ1) is 8.33. The zero-order valence-electron chi connectivity index (χ0n) is 10.9. The molecule has 1 unspecified atom stereocenters. The van der Waals surface area contributed by atoms with Gasteiger partial charge in [-0.2, -0.15) is 0 Å². The summed E-state index contributed by atoms with van der Waals surface area (Å²) >= 11 is 0. The fourth-order valence-electron chi connectivity index (χ4n) is 2.16. The maximum atomic E-state index is 5.90. The molecule has 2 heteroatoms. The molecule has 1 aromatic rings. The Morgan fingerprint density at radius 2 is 2.18 bits per heavy atom. The summed E-state index contributed by atoms with van der Waals surface area (Å²) in [7, 11) is 0. The topological polar surface area (TPSA) is 21.3 Å². The summed E-state index contributed by atoms with van der Waals surface area (Å²) in [6.45, 7) is 6.16. The van der Waals surface area contributed by atoms with Gasteiger partial charge in [0.2, 0.25) is 0 Å². The molecule has 1 fully saturated rings. The van der Waals surface area contributed by atoms with Crippen molar-refractivity contribution in [1.82, 2.24) is 5.32 Å². The van der Waals surface area contributed by atoms with Crippen LogP contribution in [0.25, 0.3) is 0 Å². The van der Waals surface area contributed by atoms with E-state index in [-0.39, 0.29) is 0 Å². The summed E-state index contributed by atoms with van der Waals surface area (Å²) in [6.07, 6.45) is 3.78. The van der Waals surface area contributed by atoms with Crippen LogP contribution in [0.2, 0.25) is 0 Å². The number of hydrogen-bond donors (Lipinski definition) is 1. The van der Waals surface area contributed by atoms with Crippen LogP contribution in [0.5, 0.6) is 5.75 Å². The molecule has 1 saturated carbocycles. The molecule has 1 aromatic carbocycles. The molecule has 1 aliphatic carbocycles. The fraction of sp³-hybridized carbons (Fsp3) is 0.600. The van der Waals surface area contributed by atoms with Crippen LogP contribution in [0.15, 0.2) is 24.3 Å². The first kappa shape index (κ1) is 12.4. The molecule has 0 radical (unpaired) electrons. The maximum Gasteiger partial charge on any atom is 0.119 e. The van der Waals surface area contributed by atoms with Gasteiger partial charge in [0, 0.05) is 6.04 Å². The highest BCUT2D eigenvalue weighted by Crippen LogP contribution is 2.32. The van der Waals surface area contributed by atoms with Crippen molar-refractivity contribution in [2.24, 2.45) is 5.92 Å². The van der Waals surface area contributed by atoms with Crippen LogP contribution in [-0.2, 0) is 6.42 Å². The summed E-state index contributed by atoms with van der Waals surface area (Å²) in [5.74, 6) is 1.84. The Hall–Kier alpha value is -1.02. The van der Waals surface area contributed by atoms with Crippen molar-refractivity contribution >= 4 is 0 Å². The molecule has 0 heterocycles.